The number of oxazole rings is 1. The monoisotopic (exact) mass is 593 g/mol. The van der Waals surface area contributed by atoms with E-state index in [2.05, 4.69) is 4.98 Å². The second-order valence-electron chi connectivity index (χ2n) is 11.7. The number of methoxy groups -OCH3 is 1. The van der Waals surface area contributed by atoms with Gasteiger partial charge in [0.05, 0.1) is 41.6 Å². The number of aryl methyl sites for hydroxylation is 1. The molecule has 11 heteroatoms. The maximum absolute atomic E-state index is 14.3. The molecule has 10 nitrogen and oxygen atoms in total. The molecule has 1 aromatic carbocycles. The van der Waals surface area contributed by atoms with Crippen LogP contribution >= 0.6 is 11.3 Å². The molecule has 2 fully saturated rings. The molecular formula is C31H35N3O7S. The Hall–Kier alpha value is -3.70. The predicted octanol–water partition coefficient (Wildman–Crippen LogP) is 5.71. The molecule has 1 N–H and O–H groups in total. The zero-order valence-corrected chi connectivity index (χ0v) is 24.8. The summed E-state index contributed by atoms with van der Waals surface area (Å²) in [6, 6.07) is 7.13. The maximum Gasteiger partial charge on any atom is 0.332 e. The number of aliphatic carboxylic acids is 1. The van der Waals surface area contributed by atoms with Gasteiger partial charge < -0.3 is 19.0 Å². The summed E-state index contributed by atoms with van der Waals surface area (Å²) in [6.45, 7) is 3.64. The average molecular weight is 594 g/mol. The first-order chi connectivity index (χ1) is 20.2. The summed E-state index contributed by atoms with van der Waals surface area (Å²) in [5.74, 6) is 0.110. The van der Waals surface area contributed by atoms with Crippen LogP contribution in [0.3, 0.4) is 0 Å². The molecule has 42 heavy (non-hydrogen) atoms. The smallest absolute Gasteiger partial charge is 0.332 e. The second-order valence-corrected chi connectivity index (χ2v) is 12.7. The highest BCUT2D eigenvalue weighted by molar-refractivity contribution is 7.22. The standard InChI is InChI=1S/C31H35N3O7S/c1-18-24-27(35)34(19-15-31(2,16-19)29(36)37)30(38)33(28(24)42-25(18)26-32-13-14-40-26)17-23(41-20-9-5-4-6-10-20)21-11-7-8-12-22(21)39-3/h7-8,11-14,19-20,23H,4-6,9-10,15-17H2,1-3H3,(H,36,37)/t19?,23-,31?/m0/s1. The summed E-state index contributed by atoms with van der Waals surface area (Å²) in [6.07, 6.45) is 8.19. The SMILES string of the molecule is COc1ccccc1[C@H](Cn1c(=O)n(C2CC(C)(C(=O)O)C2)c(=O)c2c(C)c(-c3ncco3)sc21)OC1CCCCC1. The fourth-order valence-electron chi connectivity index (χ4n) is 6.47. The number of fused-ring (bicyclic) bond motifs is 1. The molecule has 2 aliphatic carbocycles. The topological polar surface area (TPSA) is 126 Å². The van der Waals surface area contributed by atoms with Crippen LogP contribution in [0.4, 0.5) is 0 Å². The number of benzene rings is 1. The van der Waals surface area contributed by atoms with Gasteiger partial charge in [-0.1, -0.05) is 37.5 Å². The molecular weight excluding hydrogens is 558 g/mol. The quantitative estimate of drug-likeness (QED) is 0.261. The molecule has 6 rings (SSSR count). The first-order valence-electron chi connectivity index (χ1n) is 14.4. The lowest BCUT2D eigenvalue weighted by Gasteiger charge is -2.42. The molecule has 3 heterocycles. The van der Waals surface area contributed by atoms with Gasteiger partial charge in [-0.3, -0.25) is 18.7 Å². The molecule has 0 saturated heterocycles. The highest BCUT2D eigenvalue weighted by atomic mass is 32.1. The number of nitrogens with zero attached hydrogens (tertiary/aromatic N) is 3. The Labute approximate surface area is 246 Å². The fourth-order valence-corrected chi connectivity index (χ4v) is 7.71. The molecule has 0 aliphatic heterocycles. The summed E-state index contributed by atoms with van der Waals surface area (Å²) in [4.78, 5) is 45.6. The van der Waals surface area contributed by atoms with Crippen LogP contribution in [0.15, 0.2) is 50.7 Å². The van der Waals surface area contributed by atoms with E-state index in [9.17, 15) is 19.5 Å². The van der Waals surface area contributed by atoms with Crippen molar-refractivity contribution in [1.82, 2.24) is 14.1 Å². The third-order valence-electron chi connectivity index (χ3n) is 8.87. The van der Waals surface area contributed by atoms with Gasteiger partial charge in [0.2, 0.25) is 5.89 Å². The number of aromatic nitrogens is 3. The molecule has 0 spiro atoms. The van der Waals surface area contributed by atoms with Crippen molar-refractivity contribution in [3.63, 3.8) is 0 Å². The lowest BCUT2D eigenvalue weighted by molar-refractivity contribution is -0.155. The van der Waals surface area contributed by atoms with Gasteiger partial charge in [-0.25, -0.2) is 9.78 Å². The van der Waals surface area contributed by atoms with Gasteiger partial charge in [0.1, 0.15) is 22.9 Å². The summed E-state index contributed by atoms with van der Waals surface area (Å²) < 4.78 is 20.9. The molecule has 2 aliphatic rings. The van der Waals surface area contributed by atoms with Crippen molar-refractivity contribution in [2.45, 2.75) is 83.6 Å². The molecule has 222 valence electrons. The number of hydrogen-bond acceptors (Lipinski definition) is 8. The largest absolute Gasteiger partial charge is 0.496 e. The third-order valence-corrected chi connectivity index (χ3v) is 10.2. The number of carbonyl (C=O) groups is 1. The van der Waals surface area contributed by atoms with E-state index in [0.717, 1.165) is 31.2 Å². The minimum absolute atomic E-state index is 0.0432. The predicted molar refractivity (Wildman–Crippen MR) is 158 cm³/mol. The van der Waals surface area contributed by atoms with Gasteiger partial charge in [0, 0.05) is 11.6 Å². The summed E-state index contributed by atoms with van der Waals surface area (Å²) >= 11 is 1.29. The molecule has 0 radical (unpaired) electrons. The van der Waals surface area contributed by atoms with Gasteiger partial charge in [-0.05, 0) is 51.2 Å². The fraction of sp³-hybridized carbons (Fsp3) is 0.484. The Bertz CT molecular complexity index is 1720. The minimum atomic E-state index is -0.979. The third kappa shape index (κ3) is 4.88. The molecule has 0 unspecified atom stereocenters. The van der Waals surface area contributed by atoms with E-state index in [0.29, 0.717) is 32.3 Å². The summed E-state index contributed by atoms with van der Waals surface area (Å²) in [5.41, 5.74) is -0.374. The summed E-state index contributed by atoms with van der Waals surface area (Å²) in [7, 11) is 1.61. The van der Waals surface area contributed by atoms with Crippen LogP contribution in [0.25, 0.3) is 21.0 Å². The second kappa shape index (κ2) is 11.2. The molecule has 4 aromatic rings. The van der Waals surface area contributed by atoms with Crippen molar-refractivity contribution >= 4 is 27.5 Å². The highest BCUT2D eigenvalue weighted by Gasteiger charge is 2.48. The van der Waals surface area contributed by atoms with Crippen molar-refractivity contribution in [3.05, 3.63) is 68.7 Å². The Morgan fingerprint density at radius 3 is 2.62 bits per heavy atom. The van der Waals surface area contributed by atoms with Crippen LogP contribution in [-0.4, -0.2) is 38.4 Å². The first kappa shape index (κ1) is 28.4. The zero-order chi connectivity index (χ0) is 29.6. The van der Waals surface area contributed by atoms with Gasteiger partial charge >= 0.3 is 11.7 Å². The lowest BCUT2D eigenvalue weighted by atomic mass is 9.67. The number of carboxylic acid groups (broad SMARTS) is 1. The Morgan fingerprint density at radius 2 is 1.95 bits per heavy atom. The molecule has 2 saturated carbocycles. The Morgan fingerprint density at radius 1 is 1.21 bits per heavy atom. The number of hydrogen-bond donors (Lipinski definition) is 1. The van der Waals surface area contributed by atoms with Crippen molar-refractivity contribution in [2.24, 2.45) is 5.41 Å². The minimum Gasteiger partial charge on any atom is -0.496 e. The Kier molecular flexibility index (Phi) is 7.57. The normalized spacial score (nSPS) is 21.7. The number of thiophene rings is 1. The average Bonchev–Trinajstić information content (AvgIpc) is 3.62. The van der Waals surface area contributed by atoms with Crippen molar-refractivity contribution < 1.29 is 23.8 Å². The van der Waals surface area contributed by atoms with E-state index in [-0.39, 0.29) is 25.5 Å². The maximum atomic E-state index is 14.3. The number of carboxylic acids is 1. The van der Waals surface area contributed by atoms with E-state index < -0.39 is 34.8 Å². The van der Waals surface area contributed by atoms with Gasteiger partial charge in [-0.15, -0.1) is 11.3 Å². The number of para-hydroxylation sites is 1. The zero-order valence-electron chi connectivity index (χ0n) is 24.0. The van der Waals surface area contributed by atoms with Crippen LogP contribution in [0, 0.1) is 12.3 Å². The van der Waals surface area contributed by atoms with Crippen LogP contribution in [0.5, 0.6) is 5.75 Å². The van der Waals surface area contributed by atoms with Crippen LogP contribution < -0.4 is 16.0 Å². The molecule has 1 atom stereocenters. The van der Waals surface area contributed by atoms with Crippen molar-refractivity contribution in [3.8, 4) is 16.5 Å². The van der Waals surface area contributed by atoms with E-state index in [1.807, 2.05) is 31.2 Å². The van der Waals surface area contributed by atoms with E-state index in [1.165, 1.54) is 28.6 Å². The highest BCUT2D eigenvalue weighted by Crippen LogP contribution is 2.48. The Balaban J connectivity index is 1.52. The summed E-state index contributed by atoms with van der Waals surface area (Å²) in [5, 5.41) is 10.1. The molecule has 0 amide bonds. The van der Waals surface area contributed by atoms with E-state index in [4.69, 9.17) is 13.9 Å². The van der Waals surface area contributed by atoms with E-state index >= 15 is 0 Å². The van der Waals surface area contributed by atoms with E-state index in [1.54, 1.807) is 24.8 Å². The van der Waals surface area contributed by atoms with Gasteiger partial charge in [0.15, 0.2) is 0 Å². The van der Waals surface area contributed by atoms with Gasteiger partial charge in [0.25, 0.3) is 5.56 Å². The number of rotatable bonds is 9. The molecule has 3 aromatic heterocycles. The van der Waals surface area contributed by atoms with Gasteiger partial charge in [-0.2, -0.15) is 0 Å². The number of ether oxygens (including phenoxy) is 2. The van der Waals surface area contributed by atoms with Crippen LogP contribution in [0.2, 0.25) is 0 Å². The van der Waals surface area contributed by atoms with Crippen LogP contribution in [-0.2, 0) is 16.1 Å². The molecule has 0 bridgehead atoms. The first-order valence-corrected chi connectivity index (χ1v) is 15.2. The van der Waals surface area contributed by atoms with Crippen molar-refractivity contribution in [1.29, 1.82) is 0 Å². The van der Waals surface area contributed by atoms with Crippen LogP contribution in [0.1, 0.15) is 75.1 Å². The lowest BCUT2D eigenvalue weighted by Crippen LogP contribution is -2.51. The van der Waals surface area contributed by atoms with Crippen molar-refractivity contribution in [2.75, 3.05) is 7.11 Å².